The molecule has 1 saturated heterocycles. The molecule has 1 aromatic rings. The van der Waals surface area contributed by atoms with Crippen molar-refractivity contribution in [3.8, 4) is 0 Å². The molecule has 2 nitrogen and oxygen atoms in total. The quantitative estimate of drug-likeness (QED) is 0.880. The van der Waals surface area contributed by atoms with Gasteiger partial charge in [-0.05, 0) is 43.6 Å². The molecule has 98 valence electrons. The minimum atomic E-state index is 0.606. The molecular formula is C16H23NO. The Kier molecular flexibility index (Phi) is 3.67. The summed E-state index contributed by atoms with van der Waals surface area (Å²) in [4.78, 5) is 0. The molecule has 1 aliphatic heterocycles. The average molecular weight is 245 g/mol. The monoisotopic (exact) mass is 245 g/mol. The number of rotatable bonds is 4. The van der Waals surface area contributed by atoms with Crippen LogP contribution in [0, 0.1) is 5.92 Å². The van der Waals surface area contributed by atoms with Gasteiger partial charge in [0.15, 0.2) is 0 Å². The number of ether oxygens (including phenoxy) is 1. The van der Waals surface area contributed by atoms with Gasteiger partial charge in [-0.25, -0.2) is 0 Å². The molecule has 2 heteroatoms. The van der Waals surface area contributed by atoms with Crippen molar-refractivity contribution in [2.24, 2.45) is 5.92 Å². The van der Waals surface area contributed by atoms with E-state index in [1.807, 2.05) is 0 Å². The molecule has 1 heterocycles. The summed E-state index contributed by atoms with van der Waals surface area (Å²) < 4.78 is 5.46. The molecule has 1 aliphatic carbocycles. The van der Waals surface area contributed by atoms with Crippen LogP contribution in [0.1, 0.15) is 37.7 Å². The molecule has 1 aromatic carbocycles. The van der Waals surface area contributed by atoms with Crippen LogP contribution in [0.2, 0.25) is 0 Å². The van der Waals surface area contributed by atoms with Crippen LogP contribution in [0.25, 0.3) is 0 Å². The van der Waals surface area contributed by atoms with Crippen molar-refractivity contribution in [1.29, 1.82) is 0 Å². The molecule has 2 fully saturated rings. The highest BCUT2D eigenvalue weighted by molar-refractivity contribution is 5.22. The van der Waals surface area contributed by atoms with Crippen LogP contribution < -0.4 is 5.32 Å². The predicted molar refractivity (Wildman–Crippen MR) is 73.7 cm³/mol. The van der Waals surface area contributed by atoms with Gasteiger partial charge in [0.2, 0.25) is 0 Å². The fraction of sp³-hybridized carbons (Fsp3) is 0.625. The standard InChI is InChI=1S/C16H23NO/c1-12(14-7-8-18-11-14)17-16-9-15(10-16)13-5-3-2-4-6-13/h2-6,12,14-17H,7-11H2,1H3. The Morgan fingerprint density at radius 3 is 2.67 bits per heavy atom. The van der Waals surface area contributed by atoms with E-state index in [1.54, 1.807) is 0 Å². The minimum Gasteiger partial charge on any atom is -0.381 e. The van der Waals surface area contributed by atoms with E-state index in [0.717, 1.165) is 25.0 Å². The zero-order valence-electron chi connectivity index (χ0n) is 11.1. The Labute approximate surface area is 110 Å². The molecule has 1 saturated carbocycles. The maximum Gasteiger partial charge on any atom is 0.0509 e. The summed E-state index contributed by atoms with van der Waals surface area (Å²) in [6, 6.07) is 12.2. The first kappa shape index (κ1) is 12.2. The smallest absolute Gasteiger partial charge is 0.0509 e. The predicted octanol–water partition coefficient (Wildman–Crippen LogP) is 2.95. The number of hydrogen-bond acceptors (Lipinski definition) is 2. The van der Waals surface area contributed by atoms with E-state index < -0.39 is 0 Å². The van der Waals surface area contributed by atoms with Gasteiger partial charge in [-0.15, -0.1) is 0 Å². The van der Waals surface area contributed by atoms with Crippen LogP contribution in [-0.4, -0.2) is 25.3 Å². The van der Waals surface area contributed by atoms with Gasteiger partial charge < -0.3 is 10.1 Å². The van der Waals surface area contributed by atoms with E-state index >= 15 is 0 Å². The normalized spacial score (nSPS) is 33.1. The topological polar surface area (TPSA) is 21.3 Å². The van der Waals surface area contributed by atoms with Gasteiger partial charge in [0.25, 0.3) is 0 Å². The Balaban J connectivity index is 1.45. The molecular weight excluding hydrogens is 222 g/mol. The van der Waals surface area contributed by atoms with Crippen molar-refractivity contribution in [3.05, 3.63) is 35.9 Å². The second-order valence-corrected chi connectivity index (χ2v) is 5.85. The van der Waals surface area contributed by atoms with E-state index in [1.165, 1.54) is 24.8 Å². The Morgan fingerprint density at radius 2 is 2.00 bits per heavy atom. The van der Waals surface area contributed by atoms with Gasteiger partial charge in [0.1, 0.15) is 0 Å². The third kappa shape index (κ3) is 2.60. The second-order valence-electron chi connectivity index (χ2n) is 5.85. The Bertz CT molecular complexity index is 366. The molecule has 2 unspecified atom stereocenters. The second kappa shape index (κ2) is 5.41. The maximum absolute atomic E-state index is 5.46. The summed E-state index contributed by atoms with van der Waals surface area (Å²) in [6.45, 7) is 4.21. The minimum absolute atomic E-state index is 0.606. The fourth-order valence-corrected chi connectivity index (χ4v) is 3.21. The van der Waals surface area contributed by atoms with Gasteiger partial charge in [0.05, 0.1) is 6.61 Å². The Morgan fingerprint density at radius 1 is 1.22 bits per heavy atom. The average Bonchev–Trinajstić information content (AvgIpc) is 2.88. The highest BCUT2D eigenvalue weighted by Gasteiger charge is 2.32. The van der Waals surface area contributed by atoms with Crippen molar-refractivity contribution in [3.63, 3.8) is 0 Å². The highest BCUT2D eigenvalue weighted by Crippen LogP contribution is 2.37. The maximum atomic E-state index is 5.46. The van der Waals surface area contributed by atoms with Gasteiger partial charge in [0, 0.05) is 18.7 Å². The highest BCUT2D eigenvalue weighted by atomic mass is 16.5. The molecule has 0 radical (unpaired) electrons. The van der Waals surface area contributed by atoms with Crippen LogP contribution in [0.3, 0.4) is 0 Å². The summed E-state index contributed by atoms with van der Waals surface area (Å²) in [5.74, 6) is 1.50. The van der Waals surface area contributed by atoms with Gasteiger partial charge in [-0.1, -0.05) is 30.3 Å². The molecule has 0 spiro atoms. The molecule has 0 aromatic heterocycles. The summed E-state index contributed by atoms with van der Waals surface area (Å²) in [5.41, 5.74) is 1.51. The van der Waals surface area contributed by atoms with Gasteiger partial charge in [-0.3, -0.25) is 0 Å². The van der Waals surface area contributed by atoms with Gasteiger partial charge in [-0.2, -0.15) is 0 Å². The summed E-state index contributed by atoms with van der Waals surface area (Å²) in [7, 11) is 0. The molecule has 0 amide bonds. The molecule has 1 N–H and O–H groups in total. The molecule has 3 rings (SSSR count). The lowest BCUT2D eigenvalue weighted by Gasteiger charge is -2.39. The third-order valence-electron chi connectivity index (χ3n) is 4.58. The SMILES string of the molecule is CC(NC1CC(c2ccccc2)C1)C1CCOC1. The van der Waals surface area contributed by atoms with Crippen molar-refractivity contribution >= 4 is 0 Å². The van der Waals surface area contributed by atoms with Gasteiger partial charge >= 0.3 is 0 Å². The molecule has 18 heavy (non-hydrogen) atoms. The van der Waals surface area contributed by atoms with Crippen LogP contribution in [0.15, 0.2) is 30.3 Å². The molecule has 2 aliphatic rings. The zero-order valence-corrected chi connectivity index (χ0v) is 11.1. The number of nitrogens with one attached hydrogen (secondary N) is 1. The van der Waals surface area contributed by atoms with Crippen molar-refractivity contribution in [1.82, 2.24) is 5.32 Å². The summed E-state index contributed by atoms with van der Waals surface area (Å²) in [5, 5.41) is 3.78. The third-order valence-corrected chi connectivity index (χ3v) is 4.58. The van der Waals surface area contributed by atoms with E-state index in [4.69, 9.17) is 4.74 Å². The lowest BCUT2D eigenvalue weighted by Crippen LogP contribution is -2.47. The van der Waals surface area contributed by atoms with Crippen LogP contribution in [0.5, 0.6) is 0 Å². The fourth-order valence-electron chi connectivity index (χ4n) is 3.21. The largest absolute Gasteiger partial charge is 0.381 e. The lowest BCUT2D eigenvalue weighted by molar-refractivity contribution is 0.170. The van der Waals surface area contributed by atoms with E-state index in [9.17, 15) is 0 Å². The zero-order chi connectivity index (χ0) is 12.4. The molecule has 2 atom stereocenters. The van der Waals surface area contributed by atoms with E-state index in [2.05, 4.69) is 42.6 Å². The Hall–Kier alpha value is -0.860. The number of hydrogen-bond donors (Lipinski definition) is 1. The van der Waals surface area contributed by atoms with Crippen LogP contribution in [-0.2, 0) is 4.74 Å². The summed E-state index contributed by atoms with van der Waals surface area (Å²) >= 11 is 0. The van der Waals surface area contributed by atoms with Crippen molar-refractivity contribution in [2.45, 2.75) is 44.2 Å². The molecule has 0 bridgehead atoms. The summed E-state index contributed by atoms with van der Waals surface area (Å²) in [6.07, 6.45) is 3.81. The first-order valence-electron chi connectivity index (χ1n) is 7.21. The van der Waals surface area contributed by atoms with Crippen LogP contribution in [0.4, 0.5) is 0 Å². The first-order chi connectivity index (χ1) is 8.83. The van der Waals surface area contributed by atoms with E-state index in [0.29, 0.717) is 12.1 Å². The van der Waals surface area contributed by atoms with Crippen LogP contribution >= 0.6 is 0 Å². The van der Waals surface area contributed by atoms with E-state index in [-0.39, 0.29) is 0 Å². The lowest BCUT2D eigenvalue weighted by atomic mass is 9.75. The first-order valence-corrected chi connectivity index (χ1v) is 7.21. The van der Waals surface area contributed by atoms with Crippen molar-refractivity contribution < 1.29 is 4.74 Å². The number of benzene rings is 1. The van der Waals surface area contributed by atoms with Crippen molar-refractivity contribution in [2.75, 3.05) is 13.2 Å².